The quantitative estimate of drug-likeness (QED) is 0.886. The number of hydrogen-bond donors (Lipinski definition) is 2. The number of benzene rings is 1. The average molecular weight is 276 g/mol. The van der Waals surface area contributed by atoms with Crippen molar-refractivity contribution >= 4 is 11.7 Å². The predicted octanol–water partition coefficient (Wildman–Crippen LogP) is 3.14. The van der Waals surface area contributed by atoms with E-state index in [2.05, 4.69) is 5.32 Å². The summed E-state index contributed by atoms with van der Waals surface area (Å²) in [6.45, 7) is 0.223. The first-order chi connectivity index (χ1) is 9.59. The number of nitrogens with one attached hydrogen (secondary N) is 1. The van der Waals surface area contributed by atoms with Gasteiger partial charge in [-0.05, 0) is 25.0 Å². The van der Waals surface area contributed by atoms with E-state index in [-0.39, 0.29) is 12.1 Å². The van der Waals surface area contributed by atoms with Crippen LogP contribution in [-0.2, 0) is 4.79 Å². The molecular weight excluding hydrogens is 259 g/mol. The van der Waals surface area contributed by atoms with Gasteiger partial charge in [-0.25, -0.2) is 4.39 Å². The largest absolute Gasteiger partial charge is 0.481 e. The molecule has 4 nitrogen and oxygen atoms in total. The fraction of sp³-hybridized carbons (Fsp3) is 0.467. The summed E-state index contributed by atoms with van der Waals surface area (Å²) in [5.74, 6) is -1.41. The summed E-state index contributed by atoms with van der Waals surface area (Å²) < 4.78 is 13.5. The molecule has 0 aromatic heterocycles. The van der Waals surface area contributed by atoms with Crippen molar-refractivity contribution in [1.29, 1.82) is 5.26 Å². The number of carbonyl (C=O) groups is 1. The van der Waals surface area contributed by atoms with Gasteiger partial charge in [0.1, 0.15) is 17.4 Å². The number of aliphatic carboxylic acids is 1. The van der Waals surface area contributed by atoms with E-state index in [1.54, 1.807) is 6.07 Å². The van der Waals surface area contributed by atoms with Crippen molar-refractivity contribution < 1.29 is 14.3 Å². The minimum atomic E-state index is -0.820. The minimum absolute atomic E-state index is 0.0659. The van der Waals surface area contributed by atoms with Crippen LogP contribution in [0.2, 0.25) is 0 Å². The predicted molar refractivity (Wildman–Crippen MR) is 72.8 cm³/mol. The lowest BCUT2D eigenvalue weighted by atomic mass is 9.74. The SMILES string of the molecule is N#Cc1c(F)cccc1NCC1(C(=O)O)CCCCC1. The standard InChI is InChI=1S/C15H17FN2O2/c16-12-5-4-6-13(11(12)9-17)18-10-15(14(19)20)7-2-1-3-8-15/h4-6,18H,1-3,7-8,10H2,(H,19,20). The normalized spacial score (nSPS) is 17.2. The molecule has 0 heterocycles. The number of anilines is 1. The van der Waals surface area contributed by atoms with Gasteiger partial charge in [-0.3, -0.25) is 4.79 Å². The smallest absolute Gasteiger partial charge is 0.311 e. The van der Waals surface area contributed by atoms with Gasteiger partial charge in [0.25, 0.3) is 0 Å². The molecule has 1 aliphatic carbocycles. The topological polar surface area (TPSA) is 73.1 Å². The van der Waals surface area contributed by atoms with Crippen LogP contribution in [0, 0.1) is 22.6 Å². The second-order valence-electron chi connectivity index (χ2n) is 5.27. The molecule has 0 unspecified atom stereocenters. The van der Waals surface area contributed by atoms with Crippen molar-refractivity contribution in [3.8, 4) is 6.07 Å². The summed E-state index contributed by atoms with van der Waals surface area (Å²) in [5.41, 5.74) is -0.514. The molecule has 1 aliphatic rings. The Morgan fingerprint density at radius 1 is 1.40 bits per heavy atom. The maximum absolute atomic E-state index is 13.5. The highest BCUT2D eigenvalue weighted by molar-refractivity contribution is 5.76. The van der Waals surface area contributed by atoms with Gasteiger partial charge in [0.2, 0.25) is 0 Å². The molecular formula is C15H17FN2O2. The zero-order chi connectivity index (χ0) is 14.6. The Morgan fingerprint density at radius 2 is 2.10 bits per heavy atom. The van der Waals surface area contributed by atoms with Crippen molar-refractivity contribution in [2.45, 2.75) is 32.1 Å². The van der Waals surface area contributed by atoms with Gasteiger partial charge in [-0.2, -0.15) is 5.26 Å². The van der Waals surface area contributed by atoms with Gasteiger partial charge in [0.15, 0.2) is 0 Å². The van der Waals surface area contributed by atoms with Crippen molar-refractivity contribution in [3.63, 3.8) is 0 Å². The van der Waals surface area contributed by atoms with Gasteiger partial charge >= 0.3 is 5.97 Å². The Kier molecular flexibility index (Phi) is 4.23. The number of nitriles is 1. The Balaban J connectivity index is 2.17. The first-order valence-electron chi connectivity index (χ1n) is 6.75. The zero-order valence-electron chi connectivity index (χ0n) is 11.2. The van der Waals surface area contributed by atoms with Crippen molar-refractivity contribution in [1.82, 2.24) is 0 Å². The Morgan fingerprint density at radius 3 is 2.70 bits per heavy atom. The summed E-state index contributed by atoms with van der Waals surface area (Å²) >= 11 is 0. The third-order valence-corrected chi connectivity index (χ3v) is 4.01. The molecule has 0 radical (unpaired) electrons. The van der Waals surface area contributed by atoms with E-state index in [0.717, 1.165) is 19.3 Å². The molecule has 1 aromatic carbocycles. The van der Waals surface area contributed by atoms with Crippen molar-refractivity contribution in [2.24, 2.45) is 5.41 Å². The third-order valence-electron chi connectivity index (χ3n) is 4.01. The minimum Gasteiger partial charge on any atom is -0.481 e. The van der Waals surface area contributed by atoms with Crippen LogP contribution in [0.3, 0.4) is 0 Å². The van der Waals surface area contributed by atoms with Crippen LogP contribution in [0.4, 0.5) is 10.1 Å². The van der Waals surface area contributed by atoms with Gasteiger partial charge in [-0.1, -0.05) is 25.3 Å². The van der Waals surface area contributed by atoms with Gasteiger partial charge in [-0.15, -0.1) is 0 Å². The Hall–Kier alpha value is -2.09. The summed E-state index contributed by atoms with van der Waals surface area (Å²) in [6.07, 6.45) is 4.07. The monoisotopic (exact) mass is 276 g/mol. The molecule has 0 aliphatic heterocycles. The molecule has 2 N–H and O–H groups in total. The molecule has 2 rings (SSSR count). The highest BCUT2D eigenvalue weighted by Crippen LogP contribution is 2.37. The van der Waals surface area contributed by atoms with Gasteiger partial charge < -0.3 is 10.4 Å². The molecule has 1 saturated carbocycles. The van der Waals surface area contributed by atoms with Crippen LogP contribution in [0.25, 0.3) is 0 Å². The third kappa shape index (κ3) is 2.74. The number of hydrogen-bond acceptors (Lipinski definition) is 3. The van der Waals surface area contributed by atoms with Crippen LogP contribution in [0.1, 0.15) is 37.7 Å². The fourth-order valence-electron chi connectivity index (χ4n) is 2.74. The van der Waals surface area contributed by atoms with Crippen LogP contribution in [-0.4, -0.2) is 17.6 Å². The van der Waals surface area contributed by atoms with Crippen LogP contribution in [0.15, 0.2) is 18.2 Å². The maximum Gasteiger partial charge on any atom is 0.311 e. The highest BCUT2D eigenvalue weighted by atomic mass is 19.1. The number of halogens is 1. The number of carboxylic acid groups (broad SMARTS) is 1. The summed E-state index contributed by atoms with van der Waals surface area (Å²) in [6, 6.07) is 6.13. The van der Waals surface area contributed by atoms with Crippen LogP contribution < -0.4 is 5.32 Å². The molecule has 0 bridgehead atoms. The summed E-state index contributed by atoms with van der Waals surface area (Å²) in [7, 11) is 0. The van der Waals surface area contributed by atoms with Gasteiger partial charge in [0.05, 0.1) is 11.1 Å². The molecule has 5 heteroatoms. The van der Waals surface area contributed by atoms with E-state index in [1.165, 1.54) is 12.1 Å². The molecule has 0 spiro atoms. The van der Waals surface area contributed by atoms with E-state index < -0.39 is 17.2 Å². The molecule has 1 aromatic rings. The summed E-state index contributed by atoms with van der Waals surface area (Å²) in [5, 5.41) is 21.4. The Bertz CT molecular complexity index is 545. The van der Waals surface area contributed by atoms with Crippen molar-refractivity contribution in [2.75, 3.05) is 11.9 Å². The average Bonchev–Trinajstić information content (AvgIpc) is 2.46. The molecule has 0 amide bonds. The van der Waals surface area contributed by atoms with Gasteiger partial charge in [0, 0.05) is 6.54 Å². The second-order valence-corrected chi connectivity index (χ2v) is 5.27. The van der Waals surface area contributed by atoms with E-state index in [4.69, 9.17) is 5.26 Å². The lowest BCUT2D eigenvalue weighted by molar-refractivity contribution is -0.150. The molecule has 1 fully saturated rings. The first kappa shape index (κ1) is 14.3. The lowest BCUT2D eigenvalue weighted by Crippen LogP contribution is -2.39. The second kappa shape index (κ2) is 5.91. The highest BCUT2D eigenvalue weighted by Gasteiger charge is 2.39. The molecule has 0 atom stereocenters. The number of carboxylic acids is 1. The maximum atomic E-state index is 13.5. The van der Waals surface area contributed by atoms with Crippen LogP contribution in [0.5, 0.6) is 0 Å². The molecule has 106 valence electrons. The van der Waals surface area contributed by atoms with Crippen molar-refractivity contribution in [3.05, 3.63) is 29.6 Å². The first-order valence-corrected chi connectivity index (χ1v) is 6.75. The van der Waals surface area contributed by atoms with Crippen LogP contribution >= 0.6 is 0 Å². The number of rotatable bonds is 4. The molecule has 20 heavy (non-hydrogen) atoms. The Labute approximate surface area is 117 Å². The fourth-order valence-corrected chi connectivity index (χ4v) is 2.74. The van der Waals surface area contributed by atoms with E-state index in [9.17, 15) is 14.3 Å². The zero-order valence-corrected chi connectivity index (χ0v) is 11.2. The molecule has 0 saturated heterocycles. The van der Waals surface area contributed by atoms with E-state index in [1.807, 2.05) is 6.07 Å². The lowest BCUT2D eigenvalue weighted by Gasteiger charge is -2.33. The number of nitrogens with zero attached hydrogens (tertiary/aromatic N) is 1. The van der Waals surface area contributed by atoms with E-state index >= 15 is 0 Å². The summed E-state index contributed by atoms with van der Waals surface area (Å²) in [4.78, 5) is 11.5. The van der Waals surface area contributed by atoms with E-state index in [0.29, 0.717) is 18.5 Å².